The minimum absolute atomic E-state index is 0. The first kappa shape index (κ1) is 18.6. The fourth-order valence-electron chi connectivity index (χ4n) is 2.42. The zero-order chi connectivity index (χ0) is 13.4. The first-order valence-electron chi connectivity index (χ1n) is 6.61. The van der Waals surface area contributed by atoms with Crippen LogP contribution in [0, 0.1) is 11.3 Å². The molecule has 1 fully saturated rings. The molecule has 1 atom stereocenters. The molecule has 1 heterocycles. The summed E-state index contributed by atoms with van der Waals surface area (Å²) in [4.78, 5) is 12.4. The molecule has 1 aliphatic rings. The summed E-state index contributed by atoms with van der Waals surface area (Å²) in [5, 5.41) is 6.32. The van der Waals surface area contributed by atoms with Gasteiger partial charge in [0.15, 0.2) is 0 Å². The second kappa shape index (κ2) is 9.53. The Labute approximate surface area is 122 Å². The van der Waals surface area contributed by atoms with Crippen LogP contribution in [0.3, 0.4) is 0 Å². The summed E-state index contributed by atoms with van der Waals surface area (Å²) < 4.78 is 10.3. The summed E-state index contributed by atoms with van der Waals surface area (Å²) in [6, 6.07) is 0. The van der Waals surface area contributed by atoms with Gasteiger partial charge in [-0.05, 0) is 31.8 Å². The highest BCUT2D eigenvalue weighted by atomic mass is 35.5. The zero-order valence-corrected chi connectivity index (χ0v) is 13.0. The number of carbonyl (C=O) groups is 1. The van der Waals surface area contributed by atoms with Crippen LogP contribution in [0.4, 0.5) is 0 Å². The molecule has 0 aliphatic carbocycles. The van der Waals surface area contributed by atoms with Crippen LogP contribution in [0.25, 0.3) is 0 Å². The van der Waals surface area contributed by atoms with Gasteiger partial charge in [0.05, 0.1) is 18.6 Å². The van der Waals surface area contributed by atoms with Crippen molar-refractivity contribution in [3.8, 4) is 0 Å². The maximum Gasteiger partial charge on any atom is 0.228 e. The number of hydrogen-bond donors (Lipinski definition) is 2. The molecule has 0 aromatic heterocycles. The lowest BCUT2D eigenvalue weighted by Crippen LogP contribution is -2.51. The van der Waals surface area contributed by atoms with Gasteiger partial charge < -0.3 is 20.1 Å². The van der Waals surface area contributed by atoms with Gasteiger partial charge in [-0.3, -0.25) is 4.79 Å². The molecule has 0 saturated carbocycles. The predicted molar refractivity (Wildman–Crippen MR) is 77.7 cm³/mol. The van der Waals surface area contributed by atoms with Gasteiger partial charge in [-0.2, -0.15) is 0 Å². The fourth-order valence-corrected chi connectivity index (χ4v) is 2.42. The normalized spacial score (nSPS) is 19.3. The Balaban J connectivity index is 0.00000324. The smallest absolute Gasteiger partial charge is 0.228 e. The summed E-state index contributed by atoms with van der Waals surface area (Å²) in [7, 11) is 3.34. The number of amides is 1. The monoisotopic (exact) mass is 294 g/mol. The van der Waals surface area contributed by atoms with Crippen LogP contribution in [-0.2, 0) is 14.3 Å². The molecule has 1 amide bonds. The minimum atomic E-state index is -0.354. The van der Waals surface area contributed by atoms with E-state index in [1.807, 2.05) is 0 Å². The van der Waals surface area contributed by atoms with E-state index in [2.05, 4.69) is 17.6 Å². The van der Waals surface area contributed by atoms with E-state index in [1.165, 1.54) is 0 Å². The molecule has 6 heteroatoms. The van der Waals surface area contributed by atoms with E-state index in [0.29, 0.717) is 25.7 Å². The van der Waals surface area contributed by atoms with Crippen LogP contribution in [0.1, 0.15) is 19.8 Å². The SMILES string of the molecule is COCC(C)CNC(=O)C1(COC)CCNCC1.Cl. The standard InChI is InChI=1S/C13H26N2O3.ClH/c1-11(9-17-2)8-15-12(16)13(10-18-3)4-6-14-7-5-13;/h11,14H,4-10H2,1-3H3,(H,15,16);1H. The van der Waals surface area contributed by atoms with Crippen LogP contribution < -0.4 is 10.6 Å². The third kappa shape index (κ3) is 5.65. The van der Waals surface area contributed by atoms with Crippen molar-refractivity contribution in [2.75, 3.05) is 47.1 Å². The quantitative estimate of drug-likeness (QED) is 0.730. The van der Waals surface area contributed by atoms with Crippen molar-refractivity contribution in [3.05, 3.63) is 0 Å². The summed E-state index contributed by atoms with van der Waals surface area (Å²) in [6.07, 6.45) is 1.68. The topological polar surface area (TPSA) is 59.6 Å². The van der Waals surface area contributed by atoms with E-state index in [0.717, 1.165) is 25.9 Å². The molecule has 1 aliphatic heterocycles. The molecule has 0 radical (unpaired) electrons. The summed E-state index contributed by atoms with van der Waals surface area (Å²) in [5.41, 5.74) is -0.354. The maximum absolute atomic E-state index is 12.4. The number of piperidine rings is 1. The van der Waals surface area contributed by atoms with Gasteiger partial charge in [-0.1, -0.05) is 6.92 Å². The number of rotatable bonds is 7. The van der Waals surface area contributed by atoms with Crippen molar-refractivity contribution >= 4 is 18.3 Å². The largest absolute Gasteiger partial charge is 0.384 e. The number of ether oxygens (including phenoxy) is 2. The van der Waals surface area contributed by atoms with E-state index in [9.17, 15) is 4.79 Å². The van der Waals surface area contributed by atoms with Gasteiger partial charge in [0.1, 0.15) is 0 Å². The van der Waals surface area contributed by atoms with Crippen LogP contribution in [-0.4, -0.2) is 53.0 Å². The van der Waals surface area contributed by atoms with Crippen molar-refractivity contribution in [1.82, 2.24) is 10.6 Å². The molecule has 0 bridgehead atoms. The highest BCUT2D eigenvalue weighted by Crippen LogP contribution is 2.29. The van der Waals surface area contributed by atoms with E-state index >= 15 is 0 Å². The average Bonchev–Trinajstić information content (AvgIpc) is 2.38. The Hall–Kier alpha value is -0.360. The molecule has 0 aromatic rings. The number of carbonyl (C=O) groups excluding carboxylic acids is 1. The maximum atomic E-state index is 12.4. The molecular formula is C13H27ClN2O3. The first-order valence-corrected chi connectivity index (χ1v) is 6.61. The molecule has 1 unspecified atom stereocenters. The number of hydrogen-bond acceptors (Lipinski definition) is 4. The second-order valence-electron chi connectivity index (χ2n) is 5.23. The molecular weight excluding hydrogens is 268 g/mol. The van der Waals surface area contributed by atoms with Gasteiger partial charge >= 0.3 is 0 Å². The highest BCUT2D eigenvalue weighted by molar-refractivity contribution is 5.85. The van der Waals surface area contributed by atoms with Crippen LogP contribution >= 0.6 is 12.4 Å². The Bertz CT molecular complexity index is 253. The highest BCUT2D eigenvalue weighted by Gasteiger charge is 2.39. The lowest BCUT2D eigenvalue weighted by atomic mass is 9.78. The minimum Gasteiger partial charge on any atom is -0.384 e. The zero-order valence-electron chi connectivity index (χ0n) is 12.2. The van der Waals surface area contributed by atoms with Crippen molar-refractivity contribution in [2.45, 2.75) is 19.8 Å². The van der Waals surface area contributed by atoms with Gasteiger partial charge in [0, 0.05) is 20.8 Å². The Kier molecular flexibility index (Phi) is 9.35. The Morgan fingerprint density at radius 3 is 2.47 bits per heavy atom. The van der Waals surface area contributed by atoms with Crippen molar-refractivity contribution < 1.29 is 14.3 Å². The van der Waals surface area contributed by atoms with Gasteiger partial charge in [0.25, 0.3) is 0 Å². The predicted octanol–water partition coefficient (Wildman–Crippen LogP) is 0.823. The molecule has 5 nitrogen and oxygen atoms in total. The first-order chi connectivity index (χ1) is 8.64. The Morgan fingerprint density at radius 1 is 1.32 bits per heavy atom. The number of halogens is 1. The van der Waals surface area contributed by atoms with Gasteiger partial charge in [0.2, 0.25) is 5.91 Å². The molecule has 19 heavy (non-hydrogen) atoms. The molecule has 1 saturated heterocycles. The molecule has 2 N–H and O–H groups in total. The van der Waals surface area contributed by atoms with Gasteiger partial charge in [-0.25, -0.2) is 0 Å². The third-order valence-electron chi connectivity index (χ3n) is 3.53. The van der Waals surface area contributed by atoms with Crippen LogP contribution in [0.2, 0.25) is 0 Å². The van der Waals surface area contributed by atoms with E-state index in [-0.39, 0.29) is 23.7 Å². The molecule has 0 aromatic carbocycles. The second-order valence-corrected chi connectivity index (χ2v) is 5.23. The van der Waals surface area contributed by atoms with Crippen LogP contribution in [0.15, 0.2) is 0 Å². The summed E-state index contributed by atoms with van der Waals surface area (Å²) >= 11 is 0. The van der Waals surface area contributed by atoms with Crippen molar-refractivity contribution in [2.24, 2.45) is 11.3 Å². The molecule has 114 valence electrons. The summed E-state index contributed by atoms with van der Waals surface area (Å²) in [5.74, 6) is 0.453. The average molecular weight is 295 g/mol. The number of methoxy groups -OCH3 is 2. The Morgan fingerprint density at radius 2 is 1.95 bits per heavy atom. The van der Waals surface area contributed by atoms with E-state index < -0.39 is 0 Å². The number of nitrogens with one attached hydrogen (secondary N) is 2. The van der Waals surface area contributed by atoms with Crippen LogP contribution in [0.5, 0.6) is 0 Å². The van der Waals surface area contributed by atoms with Gasteiger partial charge in [-0.15, -0.1) is 12.4 Å². The third-order valence-corrected chi connectivity index (χ3v) is 3.53. The fraction of sp³-hybridized carbons (Fsp3) is 0.923. The van der Waals surface area contributed by atoms with Crippen molar-refractivity contribution in [1.29, 1.82) is 0 Å². The van der Waals surface area contributed by atoms with E-state index in [1.54, 1.807) is 14.2 Å². The summed E-state index contributed by atoms with van der Waals surface area (Å²) in [6.45, 7) is 5.65. The van der Waals surface area contributed by atoms with Crippen molar-refractivity contribution in [3.63, 3.8) is 0 Å². The lowest BCUT2D eigenvalue weighted by molar-refractivity contribution is -0.136. The lowest BCUT2D eigenvalue weighted by Gasteiger charge is -2.35. The molecule has 1 rings (SSSR count). The van der Waals surface area contributed by atoms with E-state index in [4.69, 9.17) is 9.47 Å². The molecule has 0 spiro atoms.